The molecule has 2 atom stereocenters. The van der Waals surface area contributed by atoms with Crippen molar-refractivity contribution in [2.24, 2.45) is 0 Å². The van der Waals surface area contributed by atoms with E-state index in [1.807, 2.05) is 36.4 Å². The second-order valence-electron chi connectivity index (χ2n) is 7.72. The summed E-state index contributed by atoms with van der Waals surface area (Å²) in [4.78, 5) is 14.7. The molecule has 2 aliphatic rings. The lowest BCUT2D eigenvalue weighted by Gasteiger charge is -2.28. The van der Waals surface area contributed by atoms with E-state index in [1.54, 1.807) is 23.1 Å². The summed E-state index contributed by atoms with van der Waals surface area (Å²) in [5.41, 5.74) is 0.669. The van der Waals surface area contributed by atoms with Gasteiger partial charge >= 0.3 is 0 Å². The van der Waals surface area contributed by atoms with Gasteiger partial charge in [0.2, 0.25) is 12.0 Å². The van der Waals surface area contributed by atoms with E-state index in [2.05, 4.69) is 10.2 Å². The molecular weight excluding hydrogens is 466 g/mol. The fraction of sp³-hybridized carbons (Fsp3) is 0.318. The number of carbonyl (C=O) groups is 1. The van der Waals surface area contributed by atoms with E-state index in [1.165, 1.54) is 0 Å². The van der Waals surface area contributed by atoms with Gasteiger partial charge in [0.1, 0.15) is 6.61 Å². The summed E-state index contributed by atoms with van der Waals surface area (Å²) in [7, 11) is -3.15. The molecule has 3 heterocycles. The van der Waals surface area contributed by atoms with Crippen molar-refractivity contribution in [3.05, 3.63) is 60.5 Å². The topological polar surface area (TPSA) is 112 Å². The number of nitrogens with zero attached hydrogens (tertiary/aromatic N) is 3. The standard InChI is InChI=1S/C22H21N3O6S2/c26-20(25(15-6-2-1-3-7-15)16-10-11-33(27,28)14-16)13-32-22-24-23-21(31-22)19-12-29-17-8-4-5-9-18(17)30-19/h1-9,16,19H,10-14H2/t16-,19+/m1/s1. The van der Waals surface area contributed by atoms with Gasteiger partial charge in [0.25, 0.3) is 11.1 Å². The van der Waals surface area contributed by atoms with Crippen molar-refractivity contribution >= 4 is 33.2 Å². The van der Waals surface area contributed by atoms with Gasteiger partial charge in [-0.25, -0.2) is 8.42 Å². The molecule has 0 spiro atoms. The Hall–Kier alpha value is -3.05. The Morgan fingerprint density at radius 1 is 1.06 bits per heavy atom. The SMILES string of the molecule is O=C(CSc1nnc([C@@H]2COc3ccccc3O2)o1)N(c1ccccc1)[C@@H]1CCS(=O)(=O)C1. The van der Waals surface area contributed by atoms with Crippen LogP contribution >= 0.6 is 11.8 Å². The Balaban J connectivity index is 1.26. The van der Waals surface area contributed by atoms with Gasteiger partial charge in [0.05, 0.1) is 23.3 Å². The summed E-state index contributed by atoms with van der Waals surface area (Å²) in [5.74, 6) is 1.37. The van der Waals surface area contributed by atoms with E-state index in [0.29, 0.717) is 23.6 Å². The maximum Gasteiger partial charge on any atom is 0.277 e. The van der Waals surface area contributed by atoms with E-state index in [9.17, 15) is 13.2 Å². The van der Waals surface area contributed by atoms with Gasteiger partial charge in [0, 0.05) is 5.69 Å². The summed E-state index contributed by atoms with van der Waals surface area (Å²) in [6.45, 7) is 0.236. The first-order valence-corrected chi connectivity index (χ1v) is 13.2. The molecule has 0 unspecified atom stereocenters. The molecule has 1 fully saturated rings. The lowest BCUT2D eigenvalue weighted by atomic mass is 10.2. The van der Waals surface area contributed by atoms with Gasteiger partial charge in [-0.05, 0) is 30.7 Å². The number of thioether (sulfide) groups is 1. The van der Waals surface area contributed by atoms with Crippen LogP contribution in [0.15, 0.2) is 64.2 Å². The number of sulfone groups is 1. The Morgan fingerprint density at radius 2 is 1.82 bits per heavy atom. The minimum Gasteiger partial charge on any atom is -0.485 e. The first kappa shape index (κ1) is 21.8. The summed E-state index contributed by atoms with van der Waals surface area (Å²) < 4.78 is 41.3. The number of para-hydroxylation sites is 3. The van der Waals surface area contributed by atoms with Crippen molar-refractivity contribution in [2.45, 2.75) is 23.8 Å². The number of hydrogen-bond acceptors (Lipinski definition) is 9. The van der Waals surface area contributed by atoms with E-state index in [4.69, 9.17) is 13.9 Å². The Morgan fingerprint density at radius 3 is 2.58 bits per heavy atom. The average molecular weight is 488 g/mol. The lowest BCUT2D eigenvalue weighted by molar-refractivity contribution is -0.116. The van der Waals surface area contributed by atoms with Gasteiger partial charge in [-0.15, -0.1) is 10.2 Å². The zero-order valence-electron chi connectivity index (χ0n) is 17.5. The summed E-state index contributed by atoms with van der Waals surface area (Å²) >= 11 is 1.10. The molecule has 9 nitrogen and oxygen atoms in total. The minimum atomic E-state index is -3.15. The van der Waals surface area contributed by atoms with Crippen LogP contribution in [0, 0.1) is 0 Å². The largest absolute Gasteiger partial charge is 0.485 e. The molecule has 1 aromatic heterocycles. The van der Waals surface area contributed by atoms with Crippen molar-refractivity contribution in [1.82, 2.24) is 10.2 Å². The van der Waals surface area contributed by atoms with Crippen LogP contribution in [-0.4, -0.2) is 54.4 Å². The van der Waals surface area contributed by atoms with Gasteiger partial charge in [-0.1, -0.05) is 42.1 Å². The molecule has 2 aliphatic heterocycles. The second kappa shape index (κ2) is 9.06. The Kier molecular flexibility index (Phi) is 5.98. The molecule has 0 aliphatic carbocycles. The highest BCUT2D eigenvalue weighted by molar-refractivity contribution is 7.99. The van der Waals surface area contributed by atoms with E-state index in [-0.39, 0.29) is 40.9 Å². The van der Waals surface area contributed by atoms with E-state index >= 15 is 0 Å². The van der Waals surface area contributed by atoms with Crippen molar-refractivity contribution in [1.29, 1.82) is 0 Å². The third-order valence-corrected chi connectivity index (χ3v) is 7.96. The number of aromatic nitrogens is 2. The highest BCUT2D eigenvalue weighted by atomic mass is 32.2. The molecular formula is C22H21N3O6S2. The van der Waals surface area contributed by atoms with Crippen LogP contribution in [0.1, 0.15) is 18.4 Å². The number of anilines is 1. The third-order valence-electron chi connectivity index (χ3n) is 5.40. The van der Waals surface area contributed by atoms with E-state index in [0.717, 1.165) is 11.8 Å². The molecule has 5 rings (SSSR count). The molecule has 0 bridgehead atoms. The number of rotatable bonds is 6. The molecule has 2 aromatic carbocycles. The normalized spacial score (nSPS) is 21.0. The van der Waals surface area contributed by atoms with Gasteiger partial charge < -0.3 is 18.8 Å². The number of ether oxygens (including phenoxy) is 2. The first-order valence-electron chi connectivity index (χ1n) is 10.4. The number of fused-ring (bicyclic) bond motifs is 1. The maximum absolute atomic E-state index is 13.1. The average Bonchev–Trinajstić information content (AvgIpc) is 3.44. The van der Waals surface area contributed by atoms with Crippen LogP contribution in [0.2, 0.25) is 0 Å². The fourth-order valence-corrected chi connectivity index (χ4v) is 6.20. The zero-order chi connectivity index (χ0) is 22.8. The second-order valence-corrected chi connectivity index (χ2v) is 10.9. The summed E-state index contributed by atoms with van der Waals surface area (Å²) in [5, 5.41) is 8.29. The Bertz CT molecular complexity index is 1250. The molecule has 33 heavy (non-hydrogen) atoms. The predicted molar refractivity (Wildman–Crippen MR) is 121 cm³/mol. The van der Waals surface area contributed by atoms with Crippen molar-refractivity contribution < 1.29 is 27.1 Å². The lowest BCUT2D eigenvalue weighted by Crippen LogP contribution is -2.42. The van der Waals surface area contributed by atoms with Crippen LogP contribution < -0.4 is 14.4 Å². The van der Waals surface area contributed by atoms with Gasteiger partial charge in [-0.3, -0.25) is 4.79 Å². The van der Waals surface area contributed by atoms with Crippen LogP contribution in [-0.2, 0) is 14.6 Å². The summed E-state index contributed by atoms with van der Waals surface area (Å²) in [6.07, 6.45) is -0.124. The van der Waals surface area contributed by atoms with Crippen molar-refractivity contribution in [3.63, 3.8) is 0 Å². The van der Waals surface area contributed by atoms with Crippen LogP contribution in [0.4, 0.5) is 5.69 Å². The van der Waals surface area contributed by atoms with Crippen molar-refractivity contribution in [2.75, 3.05) is 28.8 Å². The van der Waals surface area contributed by atoms with Crippen LogP contribution in [0.3, 0.4) is 0 Å². The van der Waals surface area contributed by atoms with Crippen LogP contribution in [0.5, 0.6) is 11.5 Å². The van der Waals surface area contributed by atoms with Gasteiger partial charge in [-0.2, -0.15) is 0 Å². The first-order chi connectivity index (χ1) is 16.0. The highest BCUT2D eigenvalue weighted by Crippen LogP contribution is 2.36. The molecule has 1 saturated heterocycles. The van der Waals surface area contributed by atoms with Crippen molar-refractivity contribution in [3.8, 4) is 11.5 Å². The minimum absolute atomic E-state index is 0.0257. The van der Waals surface area contributed by atoms with Crippen LogP contribution in [0.25, 0.3) is 0 Å². The Labute approximate surface area is 195 Å². The molecule has 0 N–H and O–H groups in total. The smallest absolute Gasteiger partial charge is 0.277 e. The van der Waals surface area contributed by atoms with Gasteiger partial charge in [0.15, 0.2) is 21.3 Å². The zero-order valence-corrected chi connectivity index (χ0v) is 19.1. The molecule has 1 amide bonds. The summed E-state index contributed by atoms with van der Waals surface area (Å²) in [6, 6.07) is 16.0. The quantitative estimate of drug-likeness (QED) is 0.484. The number of amides is 1. The third kappa shape index (κ3) is 4.83. The molecule has 11 heteroatoms. The molecule has 3 aromatic rings. The molecule has 172 valence electrons. The molecule has 0 radical (unpaired) electrons. The molecule has 0 saturated carbocycles. The highest BCUT2D eigenvalue weighted by Gasteiger charge is 2.35. The monoisotopic (exact) mass is 487 g/mol. The number of hydrogen-bond donors (Lipinski definition) is 0. The maximum atomic E-state index is 13.1. The van der Waals surface area contributed by atoms with E-state index < -0.39 is 22.0 Å². The number of benzene rings is 2. The number of carbonyl (C=O) groups excluding carboxylic acids is 1. The fourth-order valence-electron chi connectivity index (χ4n) is 3.87. The predicted octanol–water partition coefficient (Wildman–Crippen LogP) is 2.89.